The van der Waals surface area contributed by atoms with Gasteiger partial charge in [0.05, 0.1) is 8.66 Å². The molecule has 3 nitrogen and oxygen atoms in total. The highest BCUT2D eigenvalue weighted by Gasteiger charge is 2.12. The van der Waals surface area contributed by atoms with Crippen LogP contribution in [0.3, 0.4) is 0 Å². The van der Waals surface area contributed by atoms with Crippen molar-refractivity contribution in [2.24, 2.45) is 0 Å². The van der Waals surface area contributed by atoms with E-state index in [0.717, 1.165) is 13.8 Å². The Kier molecular flexibility index (Phi) is 3.96. The van der Waals surface area contributed by atoms with Crippen molar-refractivity contribution in [3.8, 4) is 0 Å². The first kappa shape index (κ1) is 12.7. The Morgan fingerprint density at radius 3 is 2.71 bits per heavy atom. The first-order valence-corrected chi connectivity index (χ1v) is 7.15. The third-order valence-electron chi connectivity index (χ3n) is 2.02. The van der Waals surface area contributed by atoms with Gasteiger partial charge in [0.1, 0.15) is 5.82 Å². The average Bonchev–Trinajstić information content (AvgIpc) is 2.63. The molecule has 0 fully saturated rings. The lowest BCUT2D eigenvalue weighted by Gasteiger charge is -2.02. The summed E-state index contributed by atoms with van der Waals surface area (Å²) in [5, 5.41) is 2.74. The van der Waals surface area contributed by atoms with Crippen molar-refractivity contribution in [3.63, 3.8) is 0 Å². The zero-order chi connectivity index (χ0) is 12.4. The Bertz CT molecular complexity index is 532. The van der Waals surface area contributed by atoms with Crippen molar-refractivity contribution in [2.75, 3.05) is 5.32 Å². The number of thiophene rings is 1. The Balaban J connectivity index is 2.14. The first-order valence-electron chi connectivity index (χ1n) is 4.75. The van der Waals surface area contributed by atoms with E-state index >= 15 is 0 Å². The van der Waals surface area contributed by atoms with Gasteiger partial charge >= 0.3 is 0 Å². The number of aryl methyl sites for hydroxylation is 1. The summed E-state index contributed by atoms with van der Waals surface area (Å²) in [6.45, 7) is 1.95. The molecule has 2 aromatic rings. The van der Waals surface area contributed by atoms with Crippen LogP contribution in [0, 0.1) is 6.92 Å². The number of hydrogen-bond acceptors (Lipinski definition) is 3. The third-order valence-corrected chi connectivity index (χ3v) is 5.28. The normalized spacial score (nSPS) is 10.3. The van der Waals surface area contributed by atoms with Gasteiger partial charge in [-0.05, 0) is 56.5 Å². The topological polar surface area (TPSA) is 42.0 Å². The second kappa shape index (κ2) is 5.29. The monoisotopic (exact) mass is 374 g/mol. The lowest BCUT2D eigenvalue weighted by Crippen LogP contribution is -2.11. The van der Waals surface area contributed by atoms with Crippen molar-refractivity contribution in [1.29, 1.82) is 0 Å². The SMILES string of the molecule is Cc1ccc(NC(=O)c2cc(Br)c(Br)s2)nc1. The molecule has 0 aliphatic rings. The minimum atomic E-state index is -0.155. The molecule has 17 heavy (non-hydrogen) atoms. The minimum absolute atomic E-state index is 0.155. The lowest BCUT2D eigenvalue weighted by atomic mass is 10.3. The largest absolute Gasteiger partial charge is 0.306 e. The molecular weight excluding hydrogens is 368 g/mol. The van der Waals surface area contributed by atoms with E-state index in [4.69, 9.17) is 0 Å². The van der Waals surface area contributed by atoms with Crippen molar-refractivity contribution < 1.29 is 4.79 Å². The molecule has 0 bridgehead atoms. The van der Waals surface area contributed by atoms with Crippen LogP contribution in [0.5, 0.6) is 0 Å². The molecule has 1 amide bonds. The highest BCUT2D eigenvalue weighted by molar-refractivity contribution is 9.13. The van der Waals surface area contributed by atoms with Crippen molar-refractivity contribution in [1.82, 2.24) is 4.98 Å². The number of halogens is 2. The quantitative estimate of drug-likeness (QED) is 0.853. The Hall–Kier alpha value is -0.720. The second-order valence-electron chi connectivity index (χ2n) is 3.41. The van der Waals surface area contributed by atoms with E-state index < -0.39 is 0 Å². The molecule has 0 unspecified atom stereocenters. The number of carbonyl (C=O) groups is 1. The Labute approximate surface area is 120 Å². The van der Waals surface area contributed by atoms with E-state index in [1.807, 2.05) is 13.0 Å². The van der Waals surface area contributed by atoms with Crippen LogP contribution in [0.2, 0.25) is 0 Å². The molecule has 6 heteroatoms. The fraction of sp³-hybridized carbons (Fsp3) is 0.0909. The first-order chi connectivity index (χ1) is 8.06. The number of carbonyl (C=O) groups excluding carboxylic acids is 1. The van der Waals surface area contributed by atoms with Gasteiger partial charge < -0.3 is 5.32 Å². The molecule has 0 radical (unpaired) electrons. The minimum Gasteiger partial charge on any atom is -0.306 e. The molecule has 0 saturated carbocycles. The number of nitrogens with zero attached hydrogens (tertiary/aromatic N) is 1. The van der Waals surface area contributed by atoms with Crippen LogP contribution in [-0.2, 0) is 0 Å². The number of nitrogens with one attached hydrogen (secondary N) is 1. The summed E-state index contributed by atoms with van der Waals surface area (Å²) >= 11 is 8.08. The van der Waals surface area contributed by atoms with Gasteiger partial charge in [0.25, 0.3) is 5.91 Å². The van der Waals surface area contributed by atoms with Gasteiger partial charge in [-0.1, -0.05) is 6.07 Å². The summed E-state index contributed by atoms with van der Waals surface area (Å²) < 4.78 is 1.78. The van der Waals surface area contributed by atoms with Crippen LogP contribution in [0.1, 0.15) is 15.2 Å². The molecule has 2 heterocycles. The third kappa shape index (κ3) is 3.14. The molecule has 0 aliphatic carbocycles. The van der Waals surface area contributed by atoms with Gasteiger partial charge in [0.2, 0.25) is 0 Å². The van der Waals surface area contributed by atoms with Gasteiger partial charge in [-0.3, -0.25) is 4.79 Å². The molecule has 0 atom stereocenters. The maximum Gasteiger partial charge on any atom is 0.266 e. The lowest BCUT2D eigenvalue weighted by molar-refractivity contribution is 0.103. The fourth-order valence-electron chi connectivity index (χ4n) is 1.18. The summed E-state index contributed by atoms with van der Waals surface area (Å²) in [5.41, 5.74) is 1.06. The Morgan fingerprint density at radius 2 is 2.18 bits per heavy atom. The number of anilines is 1. The standard InChI is InChI=1S/C11H8Br2N2OS/c1-6-2-3-9(14-5-6)15-11(16)8-4-7(12)10(13)17-8/h2-5H,1H3,(H,14,15,16). The molecule has 2 aromatic heterocycles. The molecule has 0 aliphatic heterocycles. The predicted octanol–water partition coefficient (Wildman–Crippen LogP) is 4.23. The van der Waals surface area contributed by atoms with E-state index in [9.17, 15) is 4.79 Å². The van der Waals surface area contributed by atoms with Gasteiger partial charge in [-0.2, -0.15) is 0 Å². The van der Waals surface area contributed by atoms with Crippen molar-refractivity contribution >= 4 is 54.9 Å². The van der Waals surface area contributed by atoms with E-state index in [1.165, 1.54) is 11.3 Å². The summed E-state index contributed by atoms with van der Waals surface area (Å²) in [6.07, 6.45) is 1.72. The van der Waals surface area contributed by atoms with Crippen molar-refractivity contribution in [2.45, 2.75) is 6.92 Å². The average molecular weight is 376 g/mol. The van der Waals surface area contributed by atoms with Crippen LogP contribution in [-0.4, -0.2) is 10.9 Å². The van der Waals surface area contributed by atoms with Gasteiger partial charge in [-0.25, -0.2) is 4.98 Å². The van der Waals surface area contributed by atoms with Gasteiger partial charge in [0, 0.05) is 10.7 Å². The zero-order valence-corrected chi connectivity index (χ0v) is 12.8. The molecule has 0 saturated heterocycles. The predicted molar refractivity (Wildman–Crippen MR) is 76.6 cm³/mol. The number of pyridine rings is 1. The number of rotatable bonds is 2. The highest BCUT2D eigenvalue weighted by Crippen LogP contribution is 2.32. The summed E-state index contributed by atoms with van der Waals surface area (Å²) in [7, 11) is 0. The van der Waals surface area contributed by atoms with Gasteiger partial charge in [-0.15, -0.1) is 11.3 Å². The van der Waals surface area contributed by atoms with E-state index in [0.29, 0.717) is 10.7 Å². The smallest absolute Gasteiger partial charge is 0.266 e. The maximum absolute atomic E-state index is 11.9. The number of hydrogen-bond donors (Lipinski definition) is 1. The van der Waals surface area contributed by atoms with Crippen LogP contribution >= 0.6 is 43.2 Å². The summed E-state index contributed by atoms with van der Waals surface area (Å²) in [5.74, 6) is 0.402. The molecule has 88 valence electrons. The van der Waals surface area contributed by atoms with Crippen LogP contribution in [0.15, 0.2) is 32.7 Å². The van der Waals surface area contributed by atoms with Crippen LogP contribution in [0.4, 0.5) is 5.82 Å². The maximum atomic E-state index is 11.9. The van der Waals surface area contributed by atoms with Gasteiger partial charge in [0.15, 0.2) is 0 Å². The number of amides is 1. The van der Waals surface area contributed by atoms with E-state index in [2.05, 4.69) is 42.2 Å². The summed E-state index contributed by atoms with van der Waals surface area (Å²) in [4.78, 5) is 16.6. The molecule has 1 N–H and O–H groups in total. The molecule has 0 spiro atoms. The van der Waals surface area contributed by atoms with E-state index in [1.54, 1.807) is 18.3 Å². The second-order valence-corrected chi connectivity index (χ2v) is 6.63. The van der Waals surface area contributed by atoms with E-state index in [-0.39, 0.29) is 5.91 Å². The molecular formula is C11H8Br2N2OS. The van der Waals surface area contributed by atoms with Crippen LogP contribution < -0.4 is 5.32 Å². The fourth-order valence-corrected chi connectivity index (χ4v) is 3.11. The molecule has 2 rings (SSSR count). The number of aromatic nitrogens is 1. The summed E-state index contributed by atoms with van der Waals surface area (Å²) in [6, 6.07) is 5.46. The molecule has 0 aromatic carbocycles. The van der Waals surface area contributed by atoms with Crippen molar-refractivity contribution in [3.05, 3.63) is 43.1 Å². The zero-order valence-electron chi connectivity index (χ0n) is 8.83. The highest BCUT2D eigenvalue weighted by atomic mass is 79.9. The van der Waals surface area contributed by atoms with Crippen LogP contribution in [0.25, 0.3) is 0 Å². The Morgan fingerprint density at radius 1 is 1.41 bits per heavy atom.